The number of carbonyl (C=O) groups is 2. The van der Waals surface area contributed by atoms with Gasteiger partial charge in [-0.15, -0.1) is 11.3 Å². The molecule has 3 rings (SSSR count). The number of ether oxygens (including phenoxy) is 1. The number of thioether (sulfide) groups is 1. The summed E-state index contributed by atoms with van der Waals surface area (Å²) in [6, 6.07) is 12.9. The highest BCUT2D eigenvalue weighted by Crippen LogP contribution is 2.29. The Balaban J connectivity index is 1.66. The van der Waals surface area contributed by atoms with Crippen LogP contribution >= 0.6 is 23.1 Å². The summed E-state index contributed by atoms with van der Waals surface area (Å²) < 4.78 is 18.6. The molecule has 8 heteroatoms. The Kier molecular flexibility index (Phi) is 6.43. The maximum atomic E-state index is 13.0. The van der Waals surface area contributed by atoms with Crippen LogP contribution in [0.25, 0.3) is 11.3 Å². The van der Waals surface area contributed by atoms with Gasteiger partial charge in [-0.05, 0) is 36.4 Å². The molecule has 0 spiro atoms. The largest absolute Gasteiger partial charge is 0.465 e. The van der Waals surface area contributed by atoms with Crippen molar-refractivity contribution in [1.29, 1.82) is 0 Å². The third-order valence-corrected chi connectivity index (χ3v) is 5.99. The van der Waals surface area contributed by atoms with E-state index >= 15 is 0 Å². The Morgan fingerprint density at radius 2 is 1.89 bits per heavy atom. The first kappa shape index (κ1) is 20.0. The first-order chi connectivity index (χ1) is 13.5. The number of methoxy groups -OCH3 is 1. The fraction of sp³-hybridized carbons (Fsp3) is 0.150. The van der Waals surface area contributed by atoms with Crippen molar-refractivity contribution in [2.24, 2.45) is 0 Å². The molecule has 2 aromatic carbocycles. The molecule has 0 radical (unpaired) electrons. The van der Waals surface area contributed by atoms with Crippen LogP contribution in [0.1, 0.15) is 10.4 Å². The lowest BCUT2D eigenvalue weighted by molar-refractivity contribution is -0.115. The van der Waals surface area contributed by atoms with Crippen LogP contribution in [0.2, 0.25) is 0 Å². The maximum absolute atomic E-state index is 13.0. The Morgan fingerprint density at radius 3 is 2.61 bits per heavy atom. The van der Waals surface area contributed by atoms with Gasteiger partial charge in [-0.25, -0.2) is 14.2 Å². The van der Waals surface area contributed by atoms with Gasteiger partial charge in [0.2, 0.25) is 5.91 Å². The molecule has 0 unspecified atom stereocenters. The number of benzene rings is 2. The van der Waals surface area contributed by atoms with Crippen molar-refractivity contribution in [3.05, 3.63) is 65.3 Å². The second-order valence-electron chi connectivity index (χ2n) is 5.76. The summed E-state index contributed by atoms with van der Waals surface area (Å²) in [7, 11) is 2.93. The zero-order valence-electron chi connectivity index (χ0n) is 15.2. The molecular weight excluding hydrogens is 399 g/mol. The van der Waals surface area contributed by atoms with Gasteiger partial charge in [0, 0.05) is 18.0 Å². The number of rotatable bonds is 6. The zero-order chi connectivity index (χ0) is 20.1. The number of esters is 1. The first-order valence-corrected chi connectivity index (χ1v) is 10.1. The average Bonchev–Trinajstić information content (AvgIpc) is 3.20. The molecule has 5 nitrogen and oxygen atoms in total. The van der Waals surface area contributed by atoms with E-state index in [-0.39, 0.29) is 17.5 Å². The lowest BCUT2D eigenvalue weighted by Crippen LogP contribution is -2.29. The standard InChI is InChI=1S/C20H17FN2O3S2/c1-23(17-6-4-3-5-15(17)19(25)26-2)18(24)12-28-20-22-16(11-27-20)13-7-9-14(21)10-8-13/h3-11H,12H2,1-2H3. The molecule has 0 aliphatic rings. The molecule has 0 saturated carbocycles. The summed E-state index contributed by atoms with van der Waals surface area (Å²) in [5.74, 6) is -0.788. The van der Waals surface area contributed by atoms with Crippen molar-refractivity contribution in [2.45, 2.75) is 4.34 Å². The summed E-state index contributed by atoms with van der Waals surface area (Å²) in [6.07, 6.45) is 0. The first-order valence-electron chi connectivity index (χ1n) is 8.27. The topological polar surface area (TPSA) is 59.5 Å². The van der Waals surface area contributed by atoms with Crippen LogP contribution in [0.4, 0.5) is 10.1 Å². The summed E-state index contributed by atoms with van der Waals surface area (Å²) in [6.45, 7) is 0. The van der Waals surface area contributed by atoms with E-state index in [2.05, 4.69) is 4.98 Å². The van der Waals surface area contributed by atoms with Crippen LogP contribution in [0, 0.1) is 5.82 Å². The van der Waals surface area contributed by atoms with E-state index in [0.29, 0.717) is 11.3 Å². The summed E-state index contributed by atoms with van der Waals surface area (Å²) in [5, 5.41) is 1.87. The molecule has 0 aliphatic carbocycles. The third kappa shape index (κ3) is 4.58. The predicted octanol–water partition coefficient (Wildman–Crippen LogP) is 4.49. The summed E-state index contributed by atoms with van der Waals surface area (Å²) in [4.78, 5) is 30.4. The SMILES string of the molecule is COC(=O)c1ccccc1N(C)C(=O)CSc1nc(-c2ccc(F)cc2)cs1. The van der Waals surface area contributed by atoms with Crippen LogP contribution in [0.15, 0.2) is 58.3 Å². The summed E-state index contributed by atoms with van der Waals surface area (Å²) >= 11 is 2.74. The Hall–Kier alpha value is -2.71. The highest BCUT2D eigenvalue weighted by Gasteiger charge is 2.19. The van der Waals surface area contributed by atoms with Gasteiger partial charge in [0.15, 0.2) is 4.34 Å². The number of hydrogen-bond donors (Lipinski definition) is 0. The minimum atomic E-state index is -0.494. The van der Waals surface area contributed by atoms with Crippen molar-refractivity contribution in [2.75, 3.05) is 24.8 Å². The van der Waals surface area contributed by atoms with E-state index in [1.807, 2.05) is 5.38 Å². The normalized spacial score (nSPS) is 10.5. The van der Waals surface area contributed by atoms with Crippen molar-refractivity contribution in [1.82, 2.24) is 4.98 Å². The van der Waals surface area contributed by atoms with Crippen LogP contribution < -0.4 is 4.90 Å². The van der Waals surface area contributed by atoms with Gasteiger partial charge in [0.25, 0.3) is 0 Å². The summed E-state index contributed by atoms with van der Waals surface area (Å²) in [5.41, 5.74) is 2.38. The van der Waals surface area contributed by atoms with E-state index < -0.39 is 5.97 Å². The van der Waals surface area contributed by atoms with E-state index in [1.54, 1.807) is 43.4 Å². The molecule has 144 valence electrons. The number of amides is 1. The van der Waals surface area contributed by atoms with Gasteiger partial charge in [0.05, 0.1) is 29.8 Å². The average molecular weight is 416 g/mol. The minimum Gasteiger partial charge on any atom is -0.465 e. The van der Waals surface area contributed by atoms with Crippen molar-refractivity contribution >= 4 is 40.7 Å². The van der Waals surface area contributed by atoms with Gasteiger partial charge in [-0.1, -0.05) is 23.9 Å². The highest BCUT2D eigenvalue weighted by molar-refractivity contribution is 8.01. The number of nitrogens with zero attached hydrogens (tertiary/aromatic N) is 2. The van der Waals surface area contributed by atoms with Crippen molar-refractivity contribution < 1.29 is 18.7 Å². The number of para-hydroxylation sites is 1. The van der Waals surface area contributed by atoms with Crippen LogP contribution in [0.3, 0.4) is 0 Å². The lowest BCUT2D eigenvalue weighted by atomic mass is 10.1. The second-order valence-corrected chi connectivity index (χ2v) is 7.84. The molecule has 0 saturated heterocycles. The van der Waals surface area contributed by atoms with Gasteiger partial charge < -0.3 is 9.64 Å². The minimum absolute atomic E-state index is 0.167. The fourth-order valence-corrected chi connectivity index (χ4v) is 4.23. The quantitative estimate of drug-likeness (QED) is 0.438. The van der Waals surface area contributed by atoms with E-state index in [1.165, 1.54) is 47.2 Å². The number of aromatic nitrogens is 1. The molecule has 0 bridgehead atoms. The molecule has 28 heavy (non-hydrogen) atoms. The fourth-order valence-electron chi connectivity index (χ4n) is 2.48. The molecule has 0 atom stereocenters. The molecular formula is C20H17FN2O3S2. The van der Waals surface area contributed by atoms with E-state index in [4.69, 9.17) is 4.74 Å². The third-order valence-electron chi connectivity index (χ3n) is 3.99. The van der Waals surface area contributed by atoms with Gasteiger partial charge in [-0.2, -0.15) is 0 Å². The molecule has 0 N–H and O–H groups in total. The molecule has 1 amide bonds. The maximum Gasteiger partial charge on any atom is 0.339 e. The molecule has 3 aromatic rings. The van der Waals surface area contributed by atoms with Crippen LogP contribution in [0.5, 0.6) is 0 Å². The Morgan fingerprint density at radius 1 is 1.18 bits per heavy atom. The molecule has 1 aromatic heterocycles. The number of carbonyl (C=O) groups excluding carboxylic acids is 2. The van der Waals surface area contributed by atoms with E-state index in [9.17, 15) is 14.0 Å². The van der Waals surface area contributed by atoms with Crippen molar-refractivity contribution in [3.63, 3.8) is 0 Å². The van der Waals surface area contributed by atoms with Gasteiger partial charge in [-0.3, -0.25) is 4.79 Å². The molecule has 0 fully saturated rings. The molecule has 0 aliphatic heterocycles. The smallest absolute Gasteiger partial charge is 0.339 e. The number of anilines is 1. The van der Waals surface area contributed by atoms with Crippen LogP contribution in [-0.4, -0.2) is 36.8 Å². The van der Waals surface area contributed by atoms with Crippen molar-refractivity contribution in [3.8, 4) is 11.3 Å². The van der Waals surface area contributed by atoms with Crippen LogP contribution in [-0.2, 0) is 9.53 Å². The van der Waals surface area contributed by atoms with Gasteiger partial charge in [0.1, 0.15) is 5.82 Å². The number of halogens is 1. The second kappa shape index (κ2) is 8.99. The van der Waals surface area contributed by atoms with E-state index in [0.717, 1.165) is 15.6 Å². The lowest BCUT2D eigenvalue weighted by Gasteiger charge is -2.19. The monoisotopic (exact) mass is 416 g/mol. The Labute approximate surface area is 170 Å². The molecule has 1 heterocycles. The Bertz CT molecular complexity index is 989. The number of thiazole rings is 1. The predicted molar refractivity (Wildman–Crippen MR) is 109 cm³/mol. The van der Waals surface area contributed by atoms with Gasteiger partial charge >= 0.3 is 5.97 Å². The zero-order valence-corrected chi connectivity index (χ0v) is 16.8. The number of hydrogen-bond acceptors (Lipinski definition) is 6. The highest BCUT2D eigenvalue weighted by atomic mass is 32.2.